The molecule has 34 heavy (non-hydrogen) atoms. The molecule has 1 saturated heterocycles. The Labute approximate surface area is 197 Å². The van der Waals surface area contributed by atoms with Crippen LogP contribution in [0.2, 0.25) is 0 Å². The van der Waals surface area contributed by atoms with Gasteiger partial charge in [-0.05, 0) is 16.7 Å². The molecular weight excluding hydrogens is 432 g/mol. The number of benzene rings is 3. The number of rotatable bonds is 9. The highest BCUT2D eigenvalue weighted by Gasteiger charge is 2.66. The Kier molecular flexibility index (Phi) is 6.82. The van der Waals surface area contributed by atoms with Gasteiger partial charge in [0.25, 0.3) is 5.91 Å². The Balaban J connectivity index is 1.68. The van der Waals surface area contributed by atoms with Crippen LogP contribution in [0.4, 0.5) is 4.79 Å². The van der Waals surface area contributed by atoms with Crippen LogP contribution >= 0.6 is 0 Å². The molecule has 1 aliphatic rings. The summed E-state index contributed by atoms with van der Waals surface area (Å²) in [6.45, 7) is -0.259. The summed E-state index contributed by atoms with van der Waals surface area (Å²) in [5.41, 5.74) is 0.416. The van der Waals surface area contributed by atoms with E-state index in [0.29, 0.717) is 18.1 Å². The zero-order valence-corrected chi connectivity index (χ0v) is 18.4. The monoisotopic (exact) mass is 456 g/mol. The fourth-order valence-corrected chi connectivity index (χ4v) is 4.34. The molecule has 172 valence electrons. The van der Waals surface area contributed by atoms with E-state index in [9.17, 15) is 19.2 Å². The molecule has 3 aromatic rings. The van der Waals surface area contributed by atoms with Crippen molar-refractivity contribution in [2.45, 2.75) is 24.7 Å². The van der Waals surface area contributed by atoms with Gasteiger partial charge < -0.3 is 19.2 Å². The molecule has 0 spiro atoms. The molecule has 0 aromatic heterocycles. The summed E-state index contributed by atoms with van der Waals surface area (Å²) in [6, 6.07) is 26.6. The van der Waals surface area contributed by atoms with Gasteiger partial charge in [-0.2, -0.15) is 0 Å². The Morgan fingerprint density at radius 3 is 2.00 bits per heavy atom. The van der Waals surface area contributed by atoms with Gasteiger partial charge in [0.15, 0.2) is 6.29 Å². The average molecular weight is 456 g/mol. The van der Waals surface area contributed by atoms with Gasteiger partial charge in [0.05, 0.1) is 12.6 Å². The van der Waals surface area contributed by atoms with Gasteiger partial charge in [-0.1, -0.05) is 91.0 Å². The zero-order chi connectivity index (χ0) is 24.0. The molecule has 0 bridgehead atoms. The third kappa shape index (κ3) is 4.20. The van der Waals surface area contributed by atoms with Crippen LogP contribution in [0, 0.1) is 0 Å². The van der Waals surface area contributed by atoms with E-state index in [1.807, 2.05) is 54.6 Å². The SMILES string of the molecule is O=CCN(C(=O)OCc1ccccc1)[C@@]1(C=O)C(=O)N(Cc2ccccc2)[C@H]1c1ccccc1. The van der Waals surface area contributed by atoms with Gasteiger partial charge in [-0.15, -0.1) is 0 Å². The zero-order valence-electron chi connectivity index (χ0n) is 18.4. The fourth-order valence-electron chi connectivity index (χ4n) is 4.34. The Morgan fingerprint density at radius 2 is 1.44 bits per heavy atom. The van der Waals surface area contributed by atoms with E-state index < -0.39 is 30.1 Å². The molecule has 3 aromatic carbocycles. The van der Waals surface area contributed by atoms with Crippen LogP contribution in [0.3, 0.4) is 0 Å². The van der Waals surface area contributed by atoms with Crippen molar-refractivity contribution in [3.05, 3.63) is 108 Å². The van der Waals surface area contributed by atoms with Gasteiger partial charge in [-0.25, -0.2) is 4.79 Å². The molecule has 4 rings (SSSR count). The van der Waals surface area contributed by atoms with Crippen molar-refractivity contribution < 1.29 is 23.9 Å². The summed E-state index contributed by atoms with van der Waals surface area (Å²) in [5.74, 6) is -0.557. The minimum atomic E-state index is -1.88. The van der Waals surface area contributed by atoms with Crippen molar-refractivity contribution in [1.82, 2.24) is 9.80 Å². The Bertz CT molecular complexity index is 1150. The number of β-lactam (4-membered cyclic amide) rings is 1. The lowest BCUT2D eigenvalue weighted by molar-refractivity contribution is -0.177. The van der Waals surface area contributed by atoms with Crippen LogP contribution in [0.1, 0.15) is 22.7 Å². The number of carbonyl (C=O) groups is 4. The van der Waals surface area contributed by atoms with Gasteiger partial charge >= 0.3 is 6.09 Å². The molecule has 0 aliphatic carbocycles. The number of aldehydes is 2. The van der Waals surface area contributed by atoms with Crippen molar-refractivity contribution in [2.24, 2.45) is 0 Å². The maximum Gasteiger partial charge on any atom is 0.411 e. The summed E-state index contributed by atoms with van der Waals surface area (Å²) >= 11 is 0. The van der Waals surface area contributed by atoms with Crippen LogP contribution in [-0.2, 0) is 32.3 Å². The lowest BCUT2D eigenvalue weighted by Crippen LogP contribution is -2.77. The minimum Gasteiger partial charge on any atom is -0.445 e. The number of ether oxygens (including phenoxy) is 1. The van der Waals surface area contributed by atoms with Crippen molar-refractivity contribution in [1.29, 1.82) is 0 Å². The highest BCUT2D eigenvalue weighted by atomic mass is 16.6. The highest BCUT2D eigenvalue weighted by Crippen LogP contribution is 2.47. The predicted octanol–water partition coefficient (Wildman–Crippen LogP) is 3.55. The molecule has 1 aliphatic heterocycles. The van der Waals surface area contributed by atoms with Gasteiger partial charge in [0.1, 0.15) is 12.9 Å². The number of likely N-dealkylation sites (tertiary alicyclic amines) is 1. The first kappa shape index (κ1) is 22.9. The summed E-state index contributed by atoms with van der Waals surface area (Å²) in [6.07, 6.45) is 0.0445. The fraction of sp³-hybridized carbons (Fsp3) is 0.185. The first-order chi connectivity index (χ1) is 16.6. The summed E-state index contributed by atoms with van der Waals surface area (Å²) in [7, 11) is 0. The van der Waals surface area contributed by atoms with Gasteiger partial charge in [0, 0.05) is 6.54 Å². The van der Waals surface area contributed by atoms with E-state index in [1.54, 1.807) is 41.3 Å². The van der Waals surface area contributed by atoms with Crippen LogP contribution in [0.25, 0.3) is 0 Å². The third-order valence-electron chi connectivity index (χ3n) is 5.95. The molecule has 2 amide bonds. The lowest BCUT2D eigenvalue weighted by atomic mass is 9.74. The van der Waals surface area contributed by atoms with Gasteiger partial charge in [0.2, 0.25) is 5.54 Å². The highest BCUT2D eigenvalue weighted by molar-refractivity contribution is 6.10. The van der Waals surface area contributed by atoms with E-state index in [2.05, 4.69) is 0 Å². The van der Waals surface area contributed by atoms with E-state index in [0.717, 1.165) is 16.0 Å². The molecule has 7 nitrogen and oxygen atoms in total. The first-order valence-electron chi connectivity index (χ1n) is 10.9. The average Bonchev–Trinajstić information content (AvgIpc) is 2.89. The predicted molar refractivity (Wildman–Crippen MR) is 124 cm³/mol. The maximum absolute atomic E-state index is 13.5. The van der Waals surface area contributed by atoms with Crippen LogP contribution in [-0.4, -0.2) is 46.5 Å². The topological polar surface area (TPSA) is 84.0 Å². The smallest absolute Gasteiger partial charge is 0.411 e. The maximum atomic E-state index is 13.5. The molecule has 0 N–H and O–H groups in total. The van der Waals surface area contributed by atoms with Crippen LogP contribution < -0.4 is 0 Å². The van der Waals surface area contributed by atoms with E-state index in [-0.39, 0.29) is 13.2 Å². The van der Waals surface area contributed by atoms with Crippen molar-refractivity contribution in [3.63, 3.8) is 0 Å². The normalized spacial score (nSPS) is 19.1. The second kappa shape index (κ2) is 10.1. The number of nitrogens with zero attached hydrogens (tertiary/aromatic N) is 2. The molecule has 1 fully saturated rings. The molecular formula is C27H24N2O5. The van der Waals surface area contributed by atoms with Crippen LogP contribution in [0.5, 0.6) is 0 Å². The van der Waals surface area contributed by atoms with Crippen molar-refractivity contribution >= 4 is 24.6 Å². The summed E-state index contributed by atoms with van der Waals surface area (Å²) in [5, 5.41) is 0. The third-order valence-corrected chi connectivity index (χ3v) is 5.95. The minimum absolute atomic E-state index is 0.0537. The number of hydrogen-bond donors (Lipinski definition) is 0. The Hall–Kier alpha value is -4.26. The second-order valence-electron chi connectivity index (χ2n) is 7.99. The molecule has 7 heteroatoms. The van der Waals surface area contributed by atoms with Crippen molar-refractivity contribution in [3.8, 4) is 0 Å². The summed E-state index contributed by atoms with van der Waals surface area (Å²) < 4.78 is 5.41. The van der Waals surface area contributed by atoms with E-state index in [1.165, 1.54) is 0 Å². The quantitative estimate of drug-likeness (QED) is 0.279. The largest absolute Gasteiger partial charge is 0.445 e. The molecule has 1 heterocycles. The Morgan fingerprint density at radius 1 is 0.882 bits per heavy atom. The second-order valence-corrected chi connectivity index (χ2v) is 7.99. The summed E-state index contributed by atoms with van der Waals surface area (Å²) in [4.78, 5) is 53.2. The van der Waals surface area contributed by atoms with Crippen molar-refractivity contribution in [2.75, 3.05) is 6.54 Å². The van der Waals surface area contributed by atoms with E-state index in [4.69, 9.17) is 4.74 Å². The molecule has 0 saturated carbocycles. The number of hydrogen-bond acceptors (Lipinski definition) is 5. The number of amides is 2. The molecule has 0 radical (unpaired) electrons. The first-order valence-corrected chi connectivity index (χ1v) is 10.9. The molecule has 0 unspecified atom stereocenters. The lowest BCUT2D eigenvalue weighted by Gasteiger charge is -2.56. The molecule has 2 atom stereocenters. The van der Waals surface area contributed by atoms with Crippen LogP contribution in [0.15, 0.2) is 91.0 Å². The standard InChI is InChI=1S/C27H24N2O5/c30-17-16-29(26(33)34-19-22-12-6-2-7-13-22)27(20-31)24(23-14-8-3-9-15-23)28(25(27)32)18-21-10-4-1-5-11-21/h1-15,17,20,24H,16,18-19H2/t24-,27+/m0/s1. The van der Waals surface area contributed by atoms with E-state index >= 15 is 0 Å². The van der Waals surface area contributed by atoms with Gasteiger partial charge in [-0.3, -0.25) is 9.69 Å². The number of carbonyl (C=O) groups excluding carboxylic acids is 4.